The normalized spacial score (nSPS) is 36.2. The van der Waals surface area contributed by atoms with Crippen LogP contribution >= 0.6 is 31.9 Å². The third kappa shape index (κ3) is 1.27. The fourth-order valence-corrected chi connectivity index (χ4v) is 6.70. The summed E-state index contributed by atoms with van der Waals surface area (Å²) in [5.41, 5.74) is 0. The van der Waals surface area contributed by atoms with Crippen molar-refractivity contribution >= 4 is 53.6 Å². The Kier molecular flexibility index (Phi) is 2.53. The molecule has 6 nitrogen and oxygen atoms in total. The molecule has 2 saturated heterocycles. The van der Waals surface area contributed by atoms with E-state index in [-0.39, 0.29) is 0 Å². The Morgan fingerprint density at radius 3 is 2.29 bits per heavy atom. The zero-order valence-corrected chi connectivity index (χ0v) is 12.8. The van der Waals surface area contributed by atoms with E-state index in [9.17, 15) is 23.1 Å². The summed E-state index contributed by atoms with van der Waals surface area (Å²) in [5.74, 6) is -2.18. The van der Waals surface area contributed by atoms with Crippen molar-refractivity contribution in [3.63, 3.8) is 0 Å². The number of rotatable bonds is 1. The molecule has 2 fully saturated rings. The zero-order valence-electron chi connectivity index (χ0n) is 8.81. The first-order chi connectivity index (χ1) is 7.47. The van der Waals surface area contributed by atoms with Gasteiger partial charge >= 0.3 is 0 Å². The lowest BCUT2D eigenvalue weighted by molar-refractivity contribution is -0.312. The Bertz CT molecular complexity index is 526. The molecular formula is C8H8Br2NO5S-. The van der Waals surface area contributed by atoms with Crippen molar-refractivity contribution in [1.82, 2.24) is 4.90 Å². The number of hydrogen-bond donors (Lipinski definition) is 0. The van der Waals surface area contributed by atoms with Crippen LogP contribution in [-0.2, 0) is 19.4 Å². The smallest absolute Gasteiger partial charge is 0.255 e. The lowest BCUT2D eigenvalue weighted by Crippen LogP contribution is -2.70. The summed E-state index contributed by atoms with van der Waals surface area (Å²) in [5, 5.41) is 9.83. The Morgan fingerprint density at radius 1 is 1.41 bits per heavy atom. The predicted octanol–water partition coefficient (Wildman–Crippen LogP) is -1.03. The molecule has 2 aliphatic rings. The largest absolute Gasteiger partial charge is 0.548 e. The van der Waals surface area contributed by atoms with Gasteiger partial charge in [0.1, 0.15) is 0 Å². The molecule has 2 heterocycles. The highest BCUT2D eigenvalue weighted by atomic mass is 79.9. The number of carboxylic acids is 1. The number of halogens is 2. The third-order valence-electron chi connectivity index (χ3n) is 3.27. The Morgan fingerprint density at radius 2 is 1.88 bits per heavy atom. The number of aliphatic carboxylic acids is 1. The van der Waals surface area contributed by atoms with E-state index in [0.29, 0.717) is 0 Å². The highest BCUT2D eigenvalue weighted by molar-refractivity contribution is 9.26. The molecule has 0 unspecified atom stereocenters. The van der Waals surface area contributed by atoms with Crippen LogP contribution in [0.4, 0.5) is 0 Å². The summed E-state index contributed by atoms with van der Waals surface area (Å²) in [4.78, 5) is 23.6. The molecule has 0 saturated carbocycles. The van der Waals surface area contributed by atoms with Crippen LogP contribution < -0.4 is 5.11 Å². The van der Waals surface area contributed by atoms with Crippen molar-refractivity contribution in [2.45, 2.75) is 33.2 Å². The van der Waals surface area contributed by atoms with Gasteiger partial charge in [0, 0.05) is 0 Å². The van der Waals surface area contributed by atoms with Crippen molar-refractivity contribution < 1.29 is 23.1 Å². The van der Waals surface area contributed by atoms with Crippen LogP contribution in [0.25, 0.3) is 0 Å². The van der Waals surface area contributed by atoms with Crippen molar-refractivity contribution in [3.8, 4) is 0 Å². The van der Waals surface area contributed by atoms with Crippen LogP contribution in [0.1, 0.15) is 13.8 Å². The van der Waals surface area contributed by atoms with E-state index in [1.165, 1.54) is 13.8 Å². The lowest BCUT2D eigenvalue weighted by Gasteiger charge is -2.46. The lowest BCUT2D eigenvalue weighted by atomic mass is 9.98. The maximum absolute atomic E-state index is 12.2. The molecule has 0 N–H and O–H groups in total. The number of amides is 1. The van der Waals surface area contributed by atoms with E-state index in [1.54, 1.807) is 0 Å². The average Bonchev–Trinajstić information content (AvgIpc) is 2.29. The summed E-state index contributed by atoms with van der Waals surface area (Å²) in [6.45, 7) is 2.56. The first-order valence-corrected chi connectivity index (χ1v) is 7.75. The quantitative estimate of drug-likeness (QED) is 0.422. The van der Waals surface area contributed by atoms with E-state index in [0.717, 1.165) is 4.90 Å². The highest BCUT2D eigenvalue weighted by Gasteiger charge is 2.75. The molecule has 2 rings (SSSR count). The summed E-state index contributed by atoms with van der Waals surface area (Å²) >= 11 is 5.95. The predicted molar refractivity (Wildman–Crippen MR) is 63.0 cm³/mol. The number of carbonyl (C=O) groups is 2. The number of sulfone groups is 1. The van der Waals surface area contributed by atoms with Gasteiger partial charge in [-0.2, -0.15) is 0 Å². The van der Waals surface area contributed by atoms with Gasteiger partial charge in [-0.25, -0.2) is 8.42 Å². The van der Waals surface area contributed by atoms with Gasteiger partial charge in [0.05, 0.1) is 16.8 Å². The maximum Gasteiger partial charge on any atom is 0.255 e. The Hall–Kier alpha value is -0.150. The number of fused-ring (bicyclic) bond motifs is 1. The first-order valence-electron chi connectivity index (χ1n) is 4.62. The fourth-order valence-electron chi connectivity index (χ4n) is 2.27. The topological polar surface area (TPSA) is 94.6 Å². The number of hydrogen-bond acceptors (Lipinski definition) is 5. The van der Waals surface area contributed by atoms with Crippen LogP contribution in [0, 0.1) is 0 Å². The molecule has 9 heteroatoms. The van der Waals surface area contributed by atoms with Gasteiger partial charge in [-0.3, -0.25) is 4.79 Å². The third-order valence-corrected chi connectivity index (χ3v) is 8.28. The van der Waals surface area contributed by atoms with Crippen LogP contribution in [-0.4, -0.2) is 44.6 Å². The van der Waals surface area contributed by atoms with Crippen molar-refractivity contribution in [1.29, 1.82) is 0 Å². The van der Waals surface area contributed by atoms with E-state index in [4.69, 9.17) is 0 Å². The van der Waals surface area contributed by atoms with Crippen molar-refractivity contribution in [2.75, 3.05) is 0 Å². The zero-order chi connectivity index (χ0) is 13.4. The van der Waals surface area contributed by atoms with Crippen molar-refractivity contribution in [2.24, 2.45) is 0 Å². The fraction of sp³-hybridized carbons (Fsp3) is 0.750. The molecule has 2 aliphatic heterocycles. The SMILES string of the molecule is CC1(C)[C@@H](C(=O)[O-])N2C(=O)C(Br)(Br)[C@@H]2S1(=O)=O. The van der Waals surface area contributed by atoms with Crippen LogP contribution in [0.2, 0.25) is 0 Å². The van der Waals surface area contributed by atoms with Gasteiger partial charge in [-0.05, 0) is 13.8 Å². The number of carbonyl (C=O) groups excluding carboxylic acids is 2. The highest BCUT2D eigenvalue weighted by Crippen LogP contribution is 2.56. The molecular weight excluding hydrogens is 382 g/mol. The van der Waals surface area contributed by atoms with Crippen LogP contribution in [0.15, 0.2) is 0 Å². The second kappa shape index (κ2) is 3.24. The molecule has 0 aromatic heterocycles. The van der Waals surface area contributed by atoms with Crippen LogP contribution in [0.3, 0.4) is 0 Å². The molecule has 0 spiro atoms. The second-order valence-corrected chi connectivity index (χ2v) is 10.7. The number of nitrogens with zero attached hydrogens (tertiary/aromatic N) is 1. The first kappa shape index (κ1) is 13.3. The maximum atomic E-state index is 12.2. The molecule has 17 heavy (non-hydrogen) atoms. The number of alkyl halides is 2. The van der Waals surface area contributed by atoms with Gasteiger partial charge in [0.15, 0.2) is 18.4 Å². The monoisotopic (exact) mass is 388 g/mol. The summed E-state index contributed by atoms with van der Waals surface area (Å²) in [6, 6.07) is -1.46. The summed E-state index contributed by atoms with van der Waals surface area (Å²) < 4.78 is 21.4. The standard InChI is InChI=1S/C8H9Br2NO5S/c1-7(2)3(4(12)13)11-5(14)8(9,10)6(11)17(7,15)16/h3,6H,1-2H3,(H,12,13)/p-1/t3-,6+/m1/s1. The van der Waals surface area contributed by atoms with Gasteiger partial charge in [0.25, 0.3) is 5.91 Å². The summed E-state index contributed by atoms with van der Waals surface area (Å²) in [6.07, 6.45) is 0. The summed E-state index contributed by atoms with van der Waals surface area (Å²) in [7, 11) is -3.81. The minimum atomic E-state index is -3.81. The minimum Gasteiger partial charge on any atom is -0.548 e. The van der Waals surface area contributed by atoms with Gasteiger partial charge in [0.2, 0.25) is 0 Å². The average molecular weight is 390 g/mol. The molecule has 2 atom stereocenters. The van der Waals surface area contributed by atoms with E-state index in [1.807, 2.05) is 0 Å². The molecule has 0 aliphatic carbocycles. The molecule has 0 radical (unpaired) electrons. The molecule has 0 aromatic carbocycles. The molecule has 0 aromatic rings. The molecule has 1 amide bonds. The van der Waals surface area contributed by atoms with Crippen LogP contribution in [0.5, 0.6) is 0 Å². The number of carboxylic acid groups (broad SMARTS) is 1. The second-order valence-electron chi connectivity index (χ2n) is 4.56. The molecule has 96 valence electrons. The van der Waals surface area contributed by atoms with Crippen molar-refractivity contribution in [3.05, 3.63) is 0 Å². The van der Waals surface area contributed by atoms with E-state index < -0.39 is 41.1 Å². The van der Waals surface area contributed by atoms with Gasteiger partial charge in [-0.1, -0.05) is 31.9 Å². The Balaban J connectivity index is 2.65. The Labute approximate surface area is 115 Å². The minimum absolute atomic E-state index is 0.620. The van der Waals surface area contributed by atoms with Gasteiger partial charge in [-0.15, -0.1) is 0 Å². The van der Waals surface area contributed by atoms with Gasteiger partial charge < -0.3 is 14.8 Å². The number of β-lactam (4-membered cyclic amide) rings is 1. The van der Waals surface area contributed by atoms with E-state index in [2.05, 4.69) is 31.9 Å². The molecule has 0 bridgehead atoms. The van der Waals surface area contributed by atoms with E-state index >= 15 is 0 Å².